The molecule has 1 aromatic rings. The second kappa shape index (κ2) is 6.01. The van der Waals surface area contributed by atoms with E-state index in [4.69, 9.17) is 4.74 Å². The van der Waals surface area contributed by atoms with Gasteiger partial charge in [-0.1, -0.05) is 0 Å². The van der Waals surface area contributed by atoms with Gasteiger partial charge in [0.05, 0.1) is 12.3 Å². The molecule has 0 aliphatic carbocycles. The molecule has 0 aromatic carbocycles. The molecule has 4 nitrogen and oxygen atoms in total. The lowest BCUT2D eigenvalue weighted by atomic mass is 10.0. The molecular formula is C12H23N3O. The lowest BCUT2D eigenvalue weighted by Crippen LogP contribution is -2.30. The molecule has 0 saturated carbocycles. The number of hydrogen-bond donors (Lipinski definition) is 1. The molecule has 0 saturated heterocycles. The standard InChI is InChI=1S/C12H23N3O/c1-9-12(10(2)15(4)14-9)7-6-11(13-3)8-16-5/h11,13H,6-8H2,1-5H3. The number of hydrogen-bond acceptors (Lipinski definition) is 3. The Bertz CT molecular complexity index is 333. The van der Waals surface area contributed by atoms with Crippen molar-refractivity contribution >= 4 is 0 Å². The number of aromatic nitrogens is 2. The molecule has 4 heteroatoms. The average Bonchev–Trinajstić information content (AvgIpc) is 2.49. The van der Waals surface area contributed by atoms with E-state index in [0.29, 0.717) is 6.04 Å². The Labute approximate surface area is 98.0 Å². The molecule has 0 radical (unpaired) electrons. The zero-order valence-corrected chi connectivity index (χ0v) is 11.0. The van der Waals surface area contributed by atoms with E-state index in [1.54, 1.807) is 7.11 Å². The molecule has 1 heterocycles. The van der Waals surface area contributed by atoms with Crippen molar-refractivity contribution < 1.29 is 4.74 Å². The summed E-state index contributed by atoms with van der Waals surface area (Å²) in [6, 6.07) is 0.420. The van der Waals surface area contributed by atoms with Gasteiger partial charge in [0.1, 0.15) is 0 Å². The van der Waals surface area contributed by atoms with Crippen LogP contribution in [0.2, 0.25) is 0 Å². The summed E-state index contributed by atoms with van der Waals surface area (Å²) in [4.78, 5) is 0. The fourth-order valence-corrected chi connectivity index (χ4v) is 2.01. The molecule has 0 spiro atoms. The zero-order valence-electron chi connectivity index (χ0n) is 11.0. The van der Waals surface area contributed by atoms with Crippen LogP contribution in [0.4, 0.5) is 0 Å². The first kappa shape index (κ1) is 13.2. The minimum atomic E-state index is 0.420. The second-order valence-electron chi connectivity index (χ2n) is 4.25. The summed E-state index contributed by atoms with van der Waals surface area (Å²) in [7, 11) is 5.72. The molecule has 1 atom stereocenters. The van der Waals surface area contributed by atoms with Gasteiger partial charge in [-0.15, -0.1) is 0 Å². The van der Waals surface area contributed by atoms with E-state index in [9.17, 15) is 0 Å². The van der Waals surface area contributed by atoms with Gasteiger partial charge in [-0.05, 0) is 39.3 Å². The van der Waals surface area contributed by atoms with Crippen molar-refractivity contribution in [2.75, 3.05) is 20.8 Å². The Kier molecular flexibility index (Phi) is 4.96. The van der Waals surface area contributed by atoms with Gasteiger partial charge in [-0.25, -0.2) is 0 Å². The number of rotatable bonds is 6. The molecule has 92 valence electrons. The number of nitrogens with zero attached hydrogens (tertiary/aromatic N) is 2. The predicted octanol–water partition coefficient (Wildman–Crippen LogP) is 1.20. The topological polar surface area (TPSA) is 39.1 Å². The minimum absolute atomic E-state index is 0.420. The molecule has 1 rings (SSSR count). The van der Waals surface area contributed by atoms with E-state index in [2.05, 4.69) is 24.3 Å². The summed E-state index contributed by atoms with van der Waals surface area (Å²) in [5, 5.41) is 7.69. The Morgan fingerprint density at radius 1 is 1.44 bits per heavy atom. The monoisotopic (exact) mass is 225 g/mol. The van der Waals surface area contributed by atoms with Gasteiger partial charge in [-0.3, -0.25) is 4.68 Å². The normalized spacial score (nSPS) is 13.1. The summed E-state index contributed by atoms with van der Waals surface area (Å²) < 4.78 is 7.12. The fraction of sp³-hybridized carbons (Fsp3) is 0.750. The summed E-state index contributed by atoms with van der Waals surface area (Å²) in [6.45, 7) is 4.96. The van der Waals surface area contributed by atoms with Crippen molar-refractivity contribution in [2.24, 2.45) is 7.05 Å². The summed E-state index contributed by atoms with van der Waals surface area (Å²) in [5.74, 6) is 0. The van der Waals surface area contributed by atoms with Crippen molar-refractivity contribution in [3.05, 3.63) is 17.0 Å². The number of aryl methyl sites for hydroxylation is 2. The number of nitrogens with one attached hydrogen (secondary N) is 1. The van der Waals surface area contributed by atoms with Crippen LogP contribution < -0.4 is 5.32 Å². The van der Waals surface area contributed by atoms with Gasteiger partial charge in [-0.2, -0.15) is 5.10 Å². The third-order valence-corrected chi connectivity index (χ3v) is 3.18. The third-order valence-electron chi connectivity index (χ3n) is 3.18. The SMILES string of the molecule is CNC(CCc1c(C)nn(C)c1C)COC. The van der Waals surface area contributed by atoms with Crippen LogP contribution in [0, 0.1) is 13.8 Å². The van der Waals surface area contributed by atoms with Crippen LogP contribution >= 0.6 is 0 Å². The van der Waals surface area contributed by atoms with Gasteiger partial charge in [0.2, 0.25) is 0 Å². The summed E-state index contributed by atoms with van der Waals surface area (Å²) >= 11 is 0. The molecular weight excluding hydrogens is 202 g/mol. The Hall–Kier alpha value is -0.870. The van der Waals surface area contributed by atoms with Gasteiger partial charge in [0.25, 0.3) is 0 Å². The summed E-state index contributed by atoms with van der Waals surface area (Å²) in [5.41, 5.74) is 3.79. The minimum Gasteiger partial charge on any atom is -0.383 e. The second-order valence-corrected chi connectivity index (χ2v) is 4.25. The highest BCUT2D eigenvalue weighted by Gasteiger charge is 2.12. The quantitative estimate of drug-likeness (QED) is 0.791. The van der Waals surface area contributed by atoms with Crippen LogP contribution in [-0.2, 0) is 18.2 Å². The van der Waals surface area contributed by atoms with Crippen LogP contribution in [0.3, 0.4) is 0 Å². The first-order chi connectivity index (χ1) is 7.60. The molecule has 0 bridgehead atoms. The van der Waals surface area contributed by atoms with E-state index < -0.39 is 0 Å². The highest BCUT2D eigenvalue weighted by molar-refractivity contribution is 5.24. The molecule has 16 heavy (non-hydrogen) atoms. The Morgan fingerprint density at radius 3 is 2.56 bits per heavy atom. The Morgan fingerprint density at radius 2 is 2.12 bits per heavy atom. The maximum atomic E-state index is 5.17. The maximum absolute atomic E-state index is 5.17. The average molecular weight is 225 g/mol. The van der Waals surface area contributed by atoms with Crippen LogP contribution in [-0.4, -0.2) is 36.6 Å². The maximum Gasteiger partial charge on any atom is 0.0628 e. The molecule has 0 aliphatic heterocycles. The van der Waals surface area contributed by atoms with Crippen molar-refractivity contribution in [3.63, 3.8) is 0 Å². The third kappa shape index (κ3) is 3.06. The van der Waals surface area contributed by atoms with E-state index >= 15 is 0 Å². The molecule has 0 aliphatic rings. The largest absolute Gasteiger partial charge is 0.383 e. The molecule has 1 aromatic heterocycles. The fourth-order valence-electron chi connectivity index (χ4n) is 2.01. The van der Waals surface area contributed by atoms with E-state index in [-0.39, 0.29) is 0 Å². The van der Waals surface area contributed by atoms with E-state index in [1.165, 1.54) is 11.3 Å². The van der Waals surface area contributed by atoms with Crippen LogP contribution in [0.1, 0.15) is 23.4 Å². The first-order valence-corrected chi connectivity index (χ1v) is 5.75. The highest BCUT2D eigenvalue weighted by atomic mass is 16.5. The predicted molar refractivity (Wildman–Crippen MR) is 65.7 cm³/mol. The van der Waals surface area contributed by atoms with Crippen LogP contribution in [0.25, 0.3) is 0 Å². The van der Waals surface area contributed by atoms with Crippen LogP contribution in [0.15, 0.2) is 0 Å². The number of ether oxygens (including phenoxy) is 1. The van der Waals surface area contributed by atoms with Gasteiger partial charge >= 0.3 is 0 Å². The zero-order chi connectivity index (χ0) is 12.1. The number of likely N-dealkylation sites (N-methyl/N-ethyl adjacent to an activating group) is 1. The molecule has 0 amide bonds. The molecule has 1 unspecified atom stereocenters. The van der Waals surface area contributed by atoms with Gasteiger partial charge in [0, 0.05) is 25.9 Å². The highest BCUT2D eigenvalue weighted by Crippen LogP contribution is 2.14. The van der Waals surface area contributed by atoms with E-state index in [0.717, 1.165) is 25.1 Å². The van der Waals surface area contributed by atoms with Crippen molar-refractivity contribution in [1.82, 2.24) is 15.1 Å². The Balaban J connectivity index is 2.59. The van der Waals surface area contributed by atoms with Crippen molar-refractivity contribution in [3.8, 4) is 0 Å². The van der Waals surface area contributed by atoms with Crippen molar-refractivity contribution in [1.29, 1.82) is 0 Å². The smallest absolute Gasteiger partial charge is 0.0628 e. The first-order valence-electron chi connectivity index (χ1n) is 5.75. The van der Waals surface area contributed by atoms with E-state index in [1.807, 2.05) is 18.8 Å². The lowest BCUT2D eigenvalue weighted by molar-refractivity contribution is 0.166. The summed E-state index contributed by atoms with van der Waals surface area (Å²) in [6.07, 6.45) is 2.14. The van der Waals surface area contributed by atoms with Gasteiger partial charge < -0.3 is 10.1 Å². The lowest BCUT2D eigenvalue weighted by Gasteiger charge is -2.14. The van der Waals surface area contributed by atoms with Crippen LogP contribution in [0.5, 0.6) is 0 Å². The number of methoxy groups -OCH3 is 1. The van der Waals surface area contributed by atoms with Crippen molar-refractivity contribution in [2.45, 2.75) is 32.7 Å². The van der Waals surface area contributed by atoms with Gasteiger partial charge in [0.15, 0.2) is 0 Å². The molecule has 1 N–H and O–H groups in total. The molecule has 0 fully saturated rings.